The Balaban J connectivity index is 3.83. The Morgan fingerprint density at radius 3 is 2.29 bits per heavy atom. The van der Waals surface area contributed by atoms with Gasteiger partial charge in [-0.2, -0.15) is 0 Å². The summed E-state index contributed by atoms with van der Waals surface area (Å²) in [6.07, 6.45) is 10.4. The zero-order valence-electron chi connectivity index (χ0n) is 14.3. The van der Waals surface area contributed by atoms with Gasteiger partial charge in [-0.05, 0) is 30.6 Å². The predicted octanol–water partition coefficient (Wildman–Crippen LogP) is 5.29. The zero-order chi connectivity index (χ0) is 16.4. The smallest absolute Gasteiger partial charge is 0.303 e. The molecule has 0 heterocycles. The summed E-state index contributed by atoms with van der Waals surface area (Å²) in [5, 5.41) is 0. The van der Waals surface area contributed by atoms with Gasteiger partial charge in [0.05, 0.1) is 6.61 Å². The van der Waals surface area contributed by atoms with Gasteiger partial charge in [0.15, 0.2) is 0 Å². The van der Waals surface area contributed by atoms with Gasteiger partial charge in [-0.25, -0.2) is 4.57 Å². The fraction of sp³-hybridized carbons (Fsp3) is 1.00. The molecule has 0 aromatic rings. The first-order valence-electron chi connectivity index (χ1n) is 8.40. The van der Waals surface area contributed by atoms with Crippen molar-refractivity contribution in [3.05, 3.63) is 0 Å². The van der Waals surface area contributed by atoms with Gasteiger partial charge in [-0.15, -0.1) is 0 Å². The van der Waals surface area contributed by atoms with E-state index in [4.69, 9.17) is 9.79 Å². The van der Waals surface area contributed by atoms with E-state index in [9.17, 15) is 4.57 Å². The molecule has 1 atom stereocenters. The van der Waals surface area contributed by atoms with E-state index in [0.29, 0.717) is 11.8 Å². The Kier molecular flexibility index (Phi) is 10.8. The molecule has 2 N–H and O–H groups in total. The van der Waals surface area contributed by atoms with Crippen LogP contribution in [0.5, 0.6) is 0 Å². The Morgan fingerprint density at radius 1 is 1.10 bits per heavy atom. The Labute approximate surface area is 130 Å². The first kappa shape index (κ1) is 21.1. The molecule has 0 fully saturated rings. The number of unbranched alkanes of at least 4 members (excludes halogenated alkanes) is 3. The van der Waals surface area contributed by atoms with E-state index in [1.807, 2.05) is 0 Å². The molecule has 0 aliphatic rings. The number of hydrogen-bond acceptors (Lipinski definition) is 2. The summed E-state index contributed by atoms with van der Waals surface area (Å²) in [5.41, 5.74) is 0.360. The molecule has 0 aromatic carbocycles. The molecule has 0 spiro atoms. The maximum atomic E-state index is 10.5. The molecule has 4 nitrogen and oxygen atoms in total. The van der Waals surface area contributed by atoms with E-state index in [1.165, 1.54) is 38.5 Å². The molecule has 0 saturated heterocycles. The number of phosphoric acid groups is 1. The molecule has 0 saturated carbocycles. The predicted molar refractivity (Wildman–Crippen MR) is 88.2 cm³/mol. The molecule has 5 heteroatoms. The van der Waals surface area contributed by atoms with Crippen LogP contribution in [-0.2, 0) is 9.09 Å². The minimum atomic E-state index is -4.28. The highest BCUT2D eigenvalue weighted by atomic mass is 31.2. The van der Waals surface area contributed by atoms with E-state index < -0.39 is 7.82 Å². The van der Waals surface area contributed by atoms with Crippen LogP contribution in [0.4, 0.5) is 0 Å². The Morgan fingerprint density at radius 2 is 1.76 bits per heavy atom. The van der Waals surface area contributed by atoms with Crippen LogP contribution in [0.25, 0.3) is 0 Å². The summed E-state index contributed by atoms with van der Waals surface area (Å²) in [5.74, 6) is 0.831. The van der Waals surface area contributed by atoms with Crippen LogP contribution in [0.2, 0.25) is 0 Å². The van der Waals surface area contributed by atoms with E-state index in [0.717, 1.165) is 18.8 Å². The standard InChI is InChI=1S/C16H35O4P/c1-5-7-11-15(6-2)14-16(3,4)12-9-8-10-13-20-21(17,18)19/h15H,5-14H2,1-4H3,(H2,17,18,19). The van der Waals surface area contributed by atoms with Crippen LogP contribution in [0.15, 0.2) is 0 Å². The highest BCUT2D eigenvalue weighted by molar-refractivity contribution is 7.46. The molecule has 0 aliphatic carbocycles. The molecule has 21 heavy (non-hydrogen) atoms. The summed E-state index contributed by atoms with van der Waals surface area (Å²) in [6, 6.07) is 0. The average Bonchev–Trinajstić information content (AvgIpc) is 2.37. The van der Waals surface area contributed by atoms with E-state index in [2.05, 4.69) is 32.2 Å². The Hall–Kier alpha value is 0.110. The fourth-order valence-electron chi connectivity index (χ4n) is 2.89. The highest BCUT2D eigenvalue weighted by Crippen LogP contribution is 2.36. The van der Waals surface area contributed by atoms with Crippen molar-refractivity contribution in [3.8, 4) is 0 Å². The molecule has 0 bridgehead atoms. The van der Waals surface area contributed by atoms with E-state index in [1.54, 1.807) is 0 Å². The summed E-state index contributed by atoms with van der Waals surface area (Å²) >= 11 is 0. The van der Waals surface area contributed by atoms with Gasteiger partial charge in [0.1, 0.15) is 0 Å². The number of rotatable bonds is 13. The monoisotopic (exact) mass is 322 g/mol. The highest BCUT2D eigenvalue weighted by Gasteiger charge is 2.22. The first-order valence-corrected chi connectivity index (χ1v) is 9.93. The van der Waals surface area contributed by atoms with Crippen molar-refractivity contribution < 1.29 is 18.9 Å². The minimum Gasteiger partial charge on any atom is -0.303 e. The number of phosphoric ester groups is 1. The minimum absolute atomic E-state index is 0.152. The van der Waals surface area contributed by atoms with Crippen molar-refractivity contribution in [1.29, 1.82) is 0 Å². The van der Waals surface area contributed by atoms with Gasteiger partial charge < -0.3 is 9.79 Å². The van der Waals surface area contributed by atoms with Crippen LogP contribution in [0, 0.1) is 11.3 Å². The maximum Gasteiger partial charge on any atom is 0.469 e. The quantitative estimate of drug-likeness (QED) is 0.357. The van der Waals surface area contributed by atoms with Crippen LogP contribution >= 0.6 is 7.82 Å². The SMILES string of the molecule is CCCCC(CC)CC(C)(C)CCCCCOP(=O)(O)O. The third-order valence-electron chi connectivity index (χ3n) is 4.14. The van der Waals surface area contributed by atoms with Crippen LogP contribution in [0.1, 0.15) is 85.5 Å². The topological polar surface area (TPSA) is 66.8 Å². The molecule has 0 amide bonds. The van der Waals surface area contributed by atoms with Gasteiger partial charge in [0.25, 0.3) is 0 Å². The Bertz CT molecular complexity index is 299. The molecular weight excluding hydrogens is 287 g/mol. The van der Waals surface area contributed by atoms with Crippen molar-refractivity contribution >= 4 is 7.82 Å². The second kappa shape index (κ2) is 10.8. The largest absolute Gasteiger partial charge is 0.469 e. The lowest BCUT2D eigenvalue weighted by atomic mass is 9.76. The first-order chi connectivity index (χ1) is 9.70. The lowest BCUT2D eigenvalue weighted by Crippen LogP contribution is -2.17. The van der Waals surface area contributed by atoms with Crippen LogP contribution in [-0.4, -0.2) is 16.4 Å². The molecule has 0 aliphatic heterocycles. The van der Waals surface area contributed by atoms with Gasteiger partial charge in [-0.3, -0.25) is 4.52 Å². The van der Waals surface area contributed by atoms with Gasteiger partial charge in [0, 0.05) is 0 Å². The summed E-state index contributed by atoms with van der Waals surface area (Å²) < 4.78 is 15.0. The summed E-state index contributed by atoms with van der Waals surface area (Å²) in [6.45, 7) is 9.37. The van der Waals surface area contributed by atoms with Crippen molar-refractivity contribution in [2.75, 3.05) is 6.61 Å². The van der Waals surface area contributed by atoms with Crippen molar-refractivity contribution in [1.82, 2.24) is 0 Å². The molecule has 0 radical (unpaired) electrons. The lowest BCUT2D eigenvalue weighted by Gasteiger charge is -2.29. The van der Waals surface area contributed by atoms with Crippen LogP contribution < -0.4 is 0 Å². The van der Waals surface area contributed by atoms with Crippen molar-refractivity contribution in [3.63, 3.8) is 0 Å². The lowest BCUT2D eigenvalue weighted by molar-refractivity contribution is 0.189. The molecule has 0 rings (SSSR count). The summed E-state index contributed by atoms with van der Waals surface area (Å²) in [4.78, 5) is 17.2. The van der Waals surface area contributed by atoms with E-state index in [-0.39, 0.29) is 6.61 Å². The van der Waals surface area contributed by atoms with Gasteiger partial charge in [-0.1, -0.05) is 66.2 Å². The third-order valence-corrected chi connectivity index (χ3v) is 4.66. The molecular formula is C16H35O4P. The van der Waals surface area contributed by atoms with Crippen LogP contribution in [0.3, 0.4) is 0 Å². The third kappa shape index (κ3) is 13.5. The molecule has 0 aromatic heterocycles. The van der Waals surface area contributed by atoms with Gasteiger partial charge >= 0.3 is 7.82 Å². The second-order valence-corrected chi connectivity index (χ2v) is 8.16. The normalized spacial score (nSPS) is 14.4. The van der Waals surface area contributed by atoms with Crippen molar-refractivity contribution in [2.45, 2.75) is 85.5 Å². The average molecular weight is 322 g/mol. The second-order valence-electron chi connectivity index (χ2n) is 6.92. The zero-order valence-corrected chi connectivity index (χ0v) is 15.2. The van der Waals surface area contributed by atoms with E-state index >= 15 is 0 Å². The van der Waals surface area contributed by atoms with Gasteiger partial charge in [0.2, 0.25) is 0 Å². The fourth-order valence-corrected chi connectivity index (χ4v) is 3.26. The maximum absolute atomic E-state index is 10.5. The number of hydrogen-bond donors (Lipinski definition) is 2. The summed E-state index contributed by atoms with van der Waals surface area (Å²) in [7, 11) is -4.28. The van der Waals surface area contributed by atoms with Crippen molar-refractivity contribution in [2.24, 2.45) is 11.3 Å². The molecule has 128 valence electrons. The molecule has 1 unspecified atom stereocenters.